The summed E-state index contributed by atoms with van der Waals surface area (Å²) in [6.07, 6.45) is 1.62. The fourth-order valence-electron chi connectivity index (χ4n) is 2.52. The van der Waals surface area contributed by atoms with Gasteiger partial charge >= 0.3 is 0 Å². The van der Waals surface area contributed by atoms with Crippen LogP contribution in [0.5, 0.6) is 0 Å². The molecular formula is C17H12N4. The molecule has 0 bridgehead atoms. The molecule has 0 atom stereocenters. The van der Waals surface area contributed by atoms with Crippen LogP contribution in [0.4, 0.5) is 11.5 Å². The monoisotopic (exact) mass is 272 g/mol. The van der Waals surface area contributed by atoms with E-state index in [1.165, 1.54) is 16.2 Å². The van der Waals surface area contributed by atoms with Gasteiger partial charge in [-0.2, -0.15) is 0 Å². The summed E-state index contributed by atoms with van der Waals surface area (Å²) in [6, 6.07) is 20.8. The predicted molar refractivity (Wildman–Crippen MR) is 84.6 cm³/mol. The van der Waals surface area contributed by atoms with Crippen molar-refractivity contribution in [3.05, 3.63) is 66.9 Å². The lowest BCUT2D eigenvalue weighted by Gasteiger charge is -2.09. The van der Waals surface area contributed by atoms with Crippen molar-refractivity contribution in [1.82, 2.24) is 15.4 Å². The van der Waals surface area contributed by atoms with Crippen LogP contribution in [0.2, 0.25) is 0 Å². The maximum Gasteiger partial charge on any atom is 0.156 e. The van der Waals surface area contributed by atoms with Gasteiger partial charge in [-0.05, 0) is 39.6 Å². The second-order valence-electron chi connectivity index (χ2n) is 4.86. The van der Waals surface area contributed by atoms with Gasteiger partial charge in [0.2, 0.25) is 0 Å². The van der Waals surface area contributed by atoms with Gasteiger partial charge in [-0.3, -0.25) is 0 Å². The molecule has 0 unspecified atom stereocenters. The standard InChI is InChI=1S/C17H12N4/c1-2-5-13-11-15-14(10-12(13)4-1)6-3-7-16(15)19-17-8-9-18-21-20-17/h1-11H,(H,18,19,20). The Hall–Kier alpha value is -3.01. The van der Waals surface area contributed by atoms with Crippen molar-refractivity contribution in [3.8, 4) is 0 Å². The van der Waals surface area contributed by atoms with E-state index in [0.29, 0.717) is 5.82 Å². The first-order valence-corrected chi connectivity index (χ1v) is 6.73. The number of hydrogen-bond acceptors (Lipinski definition) is 4. The van der Waals surface area contributed by atoms with Crippen molar-refractivity contribution < 1.29 is 0 Å². The van der Waals surface area contributed by atoms with Crippen LogP contribution in [0.1, 0.15) is 0 Å². The fourth-order valence-corrected chi connectivity index (χ4v) is 2.52. The summed E-state index contributed by atoms with van der Waals surface area (Å²) >= 11 is 0. The largest absolute Gasteiger partial charge is 0.338 e. The molecule has 0 aliphatic rings. The highest BCUT2D eigenvalue weighted by atomic mass is 15.3. The summed E-state index contributed by atoms with van der Waals surface area (Å²) in [6.45, 7) is 0. The van der Waals surface area contributed by atoms with Crippen LogP contribution in [0.3, 0.4) is 0 Å². The van der Waals surface area contributed by atoms with E-state index in [4.69, 9.17) is 0 Å². The molecule has 0 aliphatic carbocycles. The normalized spacial score (nSPS) is 10.9. The second kappa shape index (κ2) is 4.83. The maximum atomic E-state index is 3.97. The molecule has 100 valence electrons. The Kier molecular flexibility index (Phi) is 2.71. The Morgan fingerprint density at radius 2 is 1.57 bits per heavy atom. The maximum absolute atomic E-state index is 3.97. The third-order valence-electron chi connectivity index (χ3n) is 3.51. The molecule has 0 saturated heterocycles. The first kappa shape index (κ1) is 11.8. The molecule has 0 saturated carbocycles. The van der Waals surface area contributed by atoms with E-state index < -0.39 is 0 Å². The quantitative estimate of drug-likeness (QED) is 0.562. The third kappa shape index (κ3) is 2.17. The zero-order chi connectivity index (χ0) is 14.1. The third-order valence-corrected chi connectivity index (χ3v) is 3.51. The Balaban J connectivity index is 1.90. The van der Waals surface area contributed by atoms with E-state index >= 15 is 0 Å². The molecule has 1 N–H and O–H groups in total. The van der Waals surface area contributed by atoms with Crippen LogP contribution < -0.4 is 5.32 Å². The Morgan fingerprint density at radius 1 is 0.762 bits per heavy atom. The fraction of sp³-hybridized carbons (Fsp3) is 0. The summed E-state index contributed by atoms with van der Waals surface area (Å²) < 4.78 is 0. The molecule has 0 amide bonds. The summed E-state index contributed by atoms with van der Waals surface area (Å²) in [4.78, 5) is 0. The van der Waals surface area contributed by atoms with Gasteiger partial charge in [0, 0.05) is 17.1 Å². The van der Waals surface area contributed by atoms with Crippen molar-refractivity contribution in [3.63, 3.8) is 0 Å². The van der Waals surface area contributed by atoms with Crippen molar-refractivity contribution in [2.24, 2.45) is 0 Å². The Labute approximate surface area is 121 Å². The lowest BCUT2D eigenvalue weighted by Crippen LogP contribution is -1.96. The van der Waals surface area contributed by atoms with Crippen LogP contribution in [-0.2, 0) is 0 Å². The molecule has 0 fully saturated rings. The highest BCUT2D eigenvalue weighted by Crippen LogP contribution is 2.29. The average Bonchev–Trinajstić information content (AvgIpc) is 2.54. The van der Waals surface area contributed by atoms with Gasteiger partial charge in [-0.1, -0.05) is 36.4 Å². The van der Waals surface area contributed by atoms with E-state index in [-0.39, 0.29) is 0 Å². The molecule has 3 aromatic carbocycles. The number of benzene rings is 3. The van der Waals surface area contributed by atoms with Crippen LogP contribution in [-0.4, -0.2) is 15.4 Å². The van der Waals surface area contributed by atoms with Crippen LogP contribution in [0.25, 0.3) is 21.5 Å². The van der Waals surface area contributed by atoms with Crippen molar-refractivity contribution >= 4 is 33.1 Å². The van der Waals surface area contributed by atoms with Gasteiger partial charge in [0.25, 0.3) is 0 Å². The Morgan fingerprint density at radius 3 is 2.38 bits per heavy atom. The van der Waals surface area contributed by atoms with Gasteiger partial charge < -0.3 is 5.32 Å². The molecule has 0 aliphatic heterocycles. The Bertz CT molecular complexity index is 919. The van der Waals surface area contributed by atoms with Crippen molar-refractivity contribution in [2.75, 3.05) is 5.32 Å². The lowest BCUT2D eigenvalue weighted by molar-refractivity contribution is 0.871. The van der Waals surface area contributed by atoms with E-state index in [0.717, 1.165) is 11.1 Å². The molecular weight excluding hydrogens is 260 g/mol. The van der Waals surface area contributed by atoms with Gasteiger partial charge in [0.05, 0.1) is 6.20 Å². The van der Waals surface area contributed by atoms with E-state index in [2.05, 4.69) is 63.2 Å². The zero-order valence-corrected chi connectivity index (χ0v) is 11.2. The number of nitrogens with zero attached hydrogens (tertiary/aromatic N) is 3. The molecule has 4 rings (SSSR count). The van der Waals surface area contributed by atoms with Gasteiger partial charge in [0.15, 0.2) is 5.82 Å². The molecule has 1 aromatic heterocycles. The molecule has 4 heteroatoms. The minimum Gasteiger partial charge on any atom is -0.338 e. The van der Waals surface area contributed by atoms with Crippen LogP contribution in [0, 0.1) is 0 Å². The van der Waals surface area contributed by atoms with E-state index in [1.54, 1.807) is 12.3 Å². The first-order valence-electron chi connectivity index (χ1n) is 6.73. The topological polar surface area (TPSA) is 50.7 Å². The first-order chi connectivity index (χ1) is 10.4. The van der Waals surface area contributed by atoms with Crippen molar-refractivity contribution in [2.45, 2.75) is 0 Å². The number of rotatable bonds is 2. The lowest BCUT2D eigenvalue weighted by atomic mass is 10.0. The smallest absolute Gasteiger partial charge is 0.156 e. The molecule has 4 aromatic rings. The minimum absolute atomic E-state index is 0.686. The molecule has 0 radical (unpaired) electrons. The van der Waals surface area contributed by atoms with Gasteiger partial charge in [-0.25, -0.2) is 0 Å². The number of fused-ring (bicyclic) bond motifs is 2. The van der Waals surface area contributed by atoms with Crippen molar-refractivity contribution in [1.29, 1.82) is 0 Å². The summed E-state index contributed by atoms with van der Waals surface area (Å²) in [5.41, 5.74) is 1.01. The summed E-state index contributed by atoms with van der Waals surface area (Å²) in [5.74, 6) is 0.686. The number of aromatic nitrogens is 3. The SMILES string of the molecule is c1ccc2cc3c(Nc4ccnnn4)cccc3cc2c1. The number of anilines is 2. The van der Waals surface area contributed by atoms with E-state index in [1.807, 2.05) is 12.1 Å². The van der Waals surface area contributed by atoms with E-state index in [9.17, 15) is 0 Å². The zero-order valence-electron chi connectivity index (χ0n) is 11.2. The highest BCUT2D eigenvalue weighted by Gasteiger charge is 2.04. The number of nitrogens with one attached hydrogen (secondary N) is 1. The number of hydrogen-bond donors (Lipinski definition) is 1. The molecule has 21 heavy (non-hydrogen) atoms. The summed E-state index contributed by atoms with van der Waals surface area (Å²) in [7, 11) is 0. The molecule has 1 heterocycles. The summed E-state index contributed by atoms with van der Waals surface area (Å²) in [5, 5.41) is 19.4. The predicted octanol–water partition coefficient (Wildman–Crippen LogP) is 3.92. The highest BCUT2D eigenvalue weighted by molar-refractivity contribution is 6.04. The van der Waals surface area contributed by atoms with Gasteiger partial charge in [-0.15, -0.1) is 10.2 Å². The second-order valence-corrected chi connectivity index (χ2v) is 4.86. The van der Waals surface area contributed by atoms with Crippen LogP contribution >= 0.6 is 0 Å². The average molecular weight is 272 g/mol. The van der Waals surface area contributed by atoms with Crippen LogP contribution in [0.15, 0.2) is 66.9 Å². The molecule has 4 nitrogen and oxygen atoms in total. The van der Waals surface area contributed by atoms with Gasteiger partial charge in [0.1, 0.15) is 0 Å². The molecule has 0 spiro atoms. The minimum atomic E-state index is 0.686.